The maximum absolute atomic E-state index is 12.0. The van der Waals surface area contributed by atoms with E-state index in [1.54, 1.807) is 25.5 Å². The van der Waals surface area contributed by atoms with Crippen molar-refractivity contribution in [2.45, 2.75) is 0 Å². The van der Waals surface area contributed by atoms with Crippen molar-refractivity contribution in [3.05, 3.63) is 61.6 Å². The molecule has 1 amide bonds. The number of carbonyl (C=O) groups excluding carboxylic acids is 1. The second-order valence-electron chi connectivity index (χ2n) is 4.10. The molecule has 0 saturated carbocycles. The van der Waals surface area contributed by atoms with Gasteiger partial charge in [-0.15, -0.1) is 0 Å². The van der Waals surface area contributed by atoms with Crippen molar-refractivity contribution in [2.24, 2.45) is 5.10 Å². The van der Waals surface area contributed by atoms with E-state index in [-0.39, 0.29) is 5.91 Å². The predicted molar refractivity (Wildman–Crippen MR) is 94.9 cm³/mol. The van der Waals surface area contributed by atoms with Crippen LogP contribution in [0.25, 0.3) is 0 Å². The largest absolute Gasteiger partial charge is 0.496 e. The molecule has 0 aliphatic heterocycles. The zero-order valence-corrected chi connectivity index (χ0v) is 14.9. The van der Waals surface area contributed by atoms with E-state index in [0.29, 0.717) is 11.3 Å². The van der Waals surface area contributed by atoms with Crippen LogP contribution in [0, 0.1) is 3.57 Å². The van der Waals surface area contributed by atoms with Crippen LogP contribution in [-0.2, 0) is 0 Å². The lowest BCUT2D eigenvalue weighted by molar-refractivity contribution is 0.0955. The molecule has 2 rings (SSSR count). The molecule has 0 saturated heterocycles. The Labute approximate surface area is 144 Å². The minimum absolute atomic E-state index is 0.282. The second-order valence-corrected chi connectivity index (χ2v) is 6.18. The fraction of sp³-hybridized carbons (Fsp3) is 0.0667. The summed E-state index contributed by atoms with van der Waals surface area (Å²) in [5.41, 5.74) is 3.89. The van der Waals surface area contributed by atoms with Gasteiger partial charge >= 0.3 is 0 Å². The summed E-state index contributed by atoms with van der Waals surface area (Å²) in [5, 5.41) is 3.95. The highest BCUT2D eigenvalue weighted by molar-refractivity contribution is 14.1. The lowest BCUT2D eigenvalue weighted by Gasteiger charge is -2.05. The van der Waals surface area contributed by atoms with Crippen LogP contribution in [0.5, 0.6) is 5.75 Å². The smallest absolute Gasteiger partial charge is 0.271 e. The molecule has 0 radical (unpaired) electrons. The molecule has 4 nitrogen and oxygen atoms in total. The number of nitrogens with one attached hydrogen (secondary N) is 1. The summed E-state index contributed by atoms with van der Waals surface area (Å²) in [7, 11) is 1.57. The minimum atomic E-state index is -0.282. The van der Waals surface area contributed by atoms with Gasteiger partial charge in [0.25, 0.3) is 5.91 Å². The Balaban J connectivity index is 2.05. The zero-order valence-electron chi connectivity index (χ0n) is 11.1. The first-order chi connectivity index (χ1) is 10.1. The molecule has 2 aromatic rings. The molecule has 0 atom stereocenters. The third-order valence-electron chi connectivity index (χ3n) is 2.64. The molecule has 1 N–H and O–H groups in total. The van der Waals surface area contributed by atoms with Crippen molar-refractivity contribution in [1.82, 2.24) is 5.43 Å². The van der Waals surface area contributed by atoms with Gasteiger partial charge < -0.3 is 4.74 Å². The minimum Gasteiger partial charge on any atom is -0.496 e. The SMILES string of the molecule is COc1cc(C(=O)N/N=C\c2cccc(Br)c2)ccc1I. The van der Waals surface area contributed by atoms with Crippen LogP contribution in [0.15, 0.2) is 52.0 Å². The first-order valence-corrected chi connectivity index (χ1v) is 7.90. The molecule has 0 aromatic heterocycles. The number of benzene rings is 2. The summed E-state index contributed by atoms with van der Waals surface area (Å²) >= 11 is 5.53. The quantitative estimate of drug-likeness (QED) is 0.430. The number of nitrogens with zero attached hydrogens (tertiary/aromatic N) is 1. The first-order valence-electron chi connectivity index (χ1n) is 6.02. The lowest BCUT2D eigenvalue weighted by atomic mass is 10.2. The number of ether oxygens (including phenoxy) is 1. The molecule has 0 bridgehead atoms. The van der Waals surface area contributed by atoms with Crippen molar-refractivity contribution >= 4 is 50.6 Å². The third-order valence-corrected chi connectivity index (χ3v) is 4.03. The number of hydrogen-bond acceptors (Lipinski definition) is 3. The highest BCUT2D eigenvalue weighted by Crippen LogP contribution is 2.21. The number of carbonyl (C=O) groups is 1. The number of methoxy groups -OCH3 is 1. The summed E-state index contributed by atoms with van der Waals surface area (Å²) in [6, 6.07) is 12.9. The van der Waals surface area contributed by atoms with Crippen molar-refractivity contribution in [3.8, 4) is 5.75 Å². The molecule has 0 spiro atoms. The molecule has 0 aliphatic rings. The zero-order chi connectivity index (χ0) is 15.2. The molecule has 0 fully saturated rings. The van der Waals surface area contributed by atoms with E-state index in [9.17, 15) is 4.79 Å². The average Bonchev–Trinajstić information content (AvgIpc) is 2.47. The third kappa shape index (κ3) is 4.53. The van der Waals surface area contributed by atoms with Gasteiger partial charge in [-0.05, 0) is 58.5 Å². The van der Waals surface area contributed by atoms with Gasteiger partial charge in [0.05, 0.1) is 16.9 Å². The van der Waals surface area contributed by atoms with E-state index < -0.39 is 0 Å². The van der Waals surface area contributed by atoms with Crippen LogP contribution in [0.3, 0.4) is 0 Å². The number of amides is 1. The summed E-state index contributed by atoms with van der Waals surface area (Å²) < 4.78 is 7.10. The van der Waals surface area contributed by atoms with Crippen LogP contribution in [0.4, 0.5) is 0 Å². The van der Waals surface area contributed by atoms with Crippen molar-refractivity contribution in [3.63, 3.8) is 0 Å². The maximum Gasteiger partial charge on any atom is 0.271 e. The number of halogens is 2. The van der Waals surface area contributed by atoms with Crippen LogP contribution in [0.2, 0.25) is 0 Å². The van der Waals surface area contributed by atoms with Gasteiger partial charge in [-0.1, -0.05) is 28.1 Å². The lowest BCUT2D eigenvalue weighted by Crippen LogP contribution is -2.17. The highest BCUT2D eigenvalue weighted by Gasteiger charge is 2.08. The number of hydrazone groups is 1. The van der Waals surface area contributed by atoms with Gasteiger partial charge in [0.2, 0.25) is 0 Å². The van der Waals surface area contributed by atoms with Gasteiger partial charge in [-0.3, -0.25) is 4.79 Å². The number of rotatable bonds is 4. The van der Waals surface area contributed by atoms with E-state index >= 15 is 0 Å². The predicted octanol–water partition coefficient (Wildman–Crippen LogP) is 3.83. The van der Waals surface area contributed by atoms with Gasteiger partial charge in [0.1, 0.15) is 5.75 Å². The Bertz CT molecular complexity index is 689. The normalized spacial score (nSPS) is 10.6. The molecule has 6 heteroatoms. The van der Waals surface area contributed by atoms with Crippen molar-refractivity contribution in [1.29, 1.82) is 0 Å². The van der Waals surface area contributed by atoms with Crippen molar-refractivity contribution < 1.29 is 9.53 Å². The highest BCUT2D eigenvalue weighted by atomic mass is 127. The number of hydrogen-bond donors (Lipinski definition) is 1. The molecule has 108 valence electrons. The Hall–Kier alpha value is -1.41. The molecular formula is C15H12BrIN2O2. The van der Waals surface area contributed by atoms with Gasteiger partial charge in [-0.25, -0.2) is 5.43 Å². The molecule has 0 aliphatic carbocycles. The van der Waals surface area contributed by atoms with Crippen LogP contribution >= 0.6 is 38.5 Å². The van der Waals surface area contributed by atoms with Gasteiger partial charge in [0, 0.05) is 10.0 Å². The molecule has 0 heterocycles. The van der Waals surface area contributed by atoms with E-state index in [2.05, 4.69) is 49.0 Å². The van der Waals surface area contributed by atoms with E-state index in [4.69, 9.17) is 4.74 Å². The Morgan fingerprint density at radius 3 is 2.86 bits per heavy atom. The summed E-state index contributed by atoms with van der Waals surface area (Å²) in [6.07, 6.45) is 1.59. The molecule has 2 aromatic carbocycles. The monoisotopic (exact) mass is 458 g/mol. The Kier molecular flexibility index (Phi) is 5.75. The Morgan fingerprint density at radius 2 is 2.14 bits per heavy atom. The van der Waals surface area contributed by atoms with E-state index in [1.165, 1.54) is 0 Å². The van der Waals surface area contributed by atoms with Crippen LogP contribution in [0.1, 0.15) is 15.9 Å². The molecular weight excluding hydrogens is 447 g/mol. The Morgan fingerprint density at radius 1 is 1.33 bits per heavy atom. The van der Waals surface area contributed by atoms with E-state index in [0.717, 1.165) is 13.6 Å². The van der Waals surface area contributed by atoms with Crippen molar-refractivity contribution in [2.75, 3.05) is 7.11 Å². The average molecular weight is 459 g/mol. The van der Waals surface area contributed by atoms with Crippen LogP contribution in [-0.4, -0.2) is 19.2 Å². The molecule has 0 unspecified atom stereocenters. The molecule has 21 heavy (non-hydrogen) atoms. The fourth-order valence-corrected chi connectivity index (χ4v) is 2.59. The fourth-order valence-electron chi connectivity index (χ4n) is 1.62. The summed E-state index contributed by atoms with van der Waals surface area (Å²) in [4.78, 5) is 12.0. The summed E-state index contributed by atoms with van der Waals surface area (Å²) in [6.45, 7) is 0. The van der Waals surface area contributed by atoms with Crippen LogP contribution < -0.4 is 10.2 Å². The van der Waals surface area contributed by atoms with Gasteiger partial charge in [0.15, 0.2) is 0 Å². The van der Waals surface area contributed by atoms with Gasteiger partial charge in [-0.2, -0.15) is 5.10 Å². The first kappa shape index (κ1) is 16.0. The maximum atomic E-state index is 12.0. The topological polar surface area (TPSA) is 50.7 Å². The second kappa shape index (κ2) is 7.56. The summed E-state index contributed by atoms with van der Waals surface area (Å²) in [5.74, 6) is 0.384. The standard InChI is InChI=1S/C15H12BrIN2O2/c1-21-14-8-11(5-6-13(14)17)15(20)19-18-9-10-3-2-4-12(16)7-10/h2-9H,1H3,(H,19,20)/b18-9-. The van der Waals surface area contributed by atoms with E-state index in [1.807, 2.05) is 30.3 Å².